The van der Waals surface area contributed by atoms with Crippen LogP contribution in [0.15, 0.2) is 42.5 Å². The summed E-state index contributed by atoms with van der Waals surface area (Å²) in [6, 6.07) is 11.2. The van der Waals surface area contributed by atoms with Gasteiger partial charge in [0.2, 0.25) is 21.8 Å². The van der Waals surface area contributed by atoms with Gasteiger partial charge in [0.15, 0.2) is 0 Å². The van der Waals surface area contributed by atoms with Crippen molar-refractivity contribution in [2.24, 2.45) is 0 Å². The number of sulfonamides is 1. The molecule has 2 amide bonds. The number of anilines is 1. The molecule has 1 N–H and O–H groups in total. The molecule has 36 heavy (non-hydrogen) atoms. The van der Waals surface area contributed by atoms with Gasteiger partial charge in [-0.25, -0.2) is 8.42 Å². The molecule has 0 aliphatic heterocycles. The van der Waals surface area contributed by atoms with Crippen molar-refractivity contribution < 1.29 is 22.7 Å². The lowest BCUT2D eigenvalue weighted by atomic mass is 10.1. The molecule has 0 aliphatic rings. The van der Waals surface area contributed by atoms with Crippen LogP contribution in [0.25, 0.3) is 0 Å². The molecule has 0 aromatic heterocycles. The molecular formula is C25H33Cl2N3O5S. The summed E-state index contributed by atoms with van der Waals surface area (Å²) < 4.78 is 32.0. The Morgan fingerprint density at radius 2 is 1.78 bits per heavy atom. The van der Waals surface area contributed by atoms with Crippen LogP contribution in [0.1, 0.15) is 38.7 Å². The Labute approximate surface area is 223 Å². The highest BCUT2D eigenvalue weighted by molar-refractivity contribution is 7.92. The Hall–Kier alpha value is -2.49. The molecule has 198 valence electrons. The van der Waals surface area contributed by atoms with E-state index in [4.69, 9.17) is 27.9 Å². The summed E-state index contributed by atoms with van der Waals surface area (Å²) >= 11 is 12.2. The predicted octanol–water partition coefficient (Wildman–Crippen LogP) is 4.49. The molecule has 11 heteroatoms. The Morgan fingerprint density at radius 1 is 1.08 bits per heavy atom. The number of likely N-dealkylation sites (N-methyl/N-ethyl adjacent to an activating group) is 1. The molecule has 0 saturated carbocycles. The summed E-state index contributed by atoms with van der Waals surface area (Å²) in [4.78, 5) is 27.4. The third kappa shape index (κ3) is 8.01. The first-order valence-electron chi connectivity index (χ1n) is 11.7. The highest BCUT2D eigenvalue weighted by atomic mass is 35.5. The largest absolute Gasteiger partial charge is 0.492 e. The molecule has 0 fully saturated rings. The van der Waals surface area contributed by atoms with Crippen LogP contribution in [0.2, 0.25) is 10.0 Å². The standard InChI is InChI=1S/C25H33Cl2N3O5S/c1-5-21(25(32)28-3)29(17-18-13-14-19(26)20(27)16-18)24(31)12-9-15-30(36(4,33)34)22-10-7-8-11-23(22)35-6-2/h7-8,10-11,13-14,16,21H,5-6,9,12,15,17H2,1-4H3,(H,28,32). The average molecular weight is 559 g/mol. The lowest BCUT2D eigenvalue weighted by molar-refractivity contribution is -0.141. The van der Waals surface area contributed by atoms with E-state index < -0.39 is 16.1 Å². The first-order valence-corrected chi connectivity index (χ1v) is 14.3. The normalized spacial score (nSPS) is 12.1. The van der Waals surface area contributed by atoms with Crippen molar-refractivity contribution in [1.82, 2.24) is 10.2 Å². The molecule has 0 bridgehead atoms. The molecule has 0 heterocycles. The van der Waals surface area contributed by atoms with Crippen LogP contribution in [0, 0.1) is 0 Å². The zero-order chi connectivity index (χ0) is 26.9. The summed E-state index contributed by atoms with van der Waals surface area (Å²) in [5.74, 6) is -0.110. The molecule has 0 saturated heterocycles. The number of hydrogen-bond donors (Lipinski definition) is 1. The van der Waals surface area contributed by atoms with Gasteiger partial charge in [0.25, 0.3) is 0 Å². The summed E-state index contributed by atoms with van der Waals surface area (Å²) in [6.45, 7) is 4.26. The van der Waals surface area contributed by atoms with Crippen molar-refractivity contribution in [3.8, 4) is 5.75 Å². The Kier molecular flexibility index (Phi) is 11.3. The van der Waals surface area contributed by atoms with Gasteiger partial charge in [-0.05, 0) is 49.6 Å². The topological polar surface area (TPSA) is 96.0 Å². The van der Waals surface area contributed by atoms with Gasteiger partial charge in [-0.3, -0.25) is 13.9 Å². The minimum Gasteiger partial charge on any atom is -0.492 e. The molecular weight excluding hydrogens is 525 g/mol. The Bertz CT molecular complexity index is 1160. The van der Waals surface area contributed by atoms with Gasteiger partial charge in [-0.15, -0.1) is 0 Å². The van der Waals surface area contributed by atoms with E-state index in [1.807, 2.05) is 13.8 Å². The number of ether oxygens (including phenoxy) is 1. The number of halogens is 2. The summed E-state index contributed by atoms with van der Waals surface area (Å²) in [6.07, 6.45) is 1.81. The third-order valence-electron chi connectivity index (χ3n) is 5.56. The Balaban J connectivity index is 2.24. The molecule has 0 spiro atoms. The maximum absolute atomic E-state index is 13.4. The monoisotopic (exact) mass is 557 g/mol. The second kappa shape index (κ2) is 13.7. The lowest BCUT2D eigenvalue weighted by Crippen LogP contribution is -2.48. The van der Waals surface area contributed by atoms with Gasteiger partial charge < -0.3 is 15.0 Å². The van der Waals surface area contributed by atoms with Gasteiger partial charge in [-0.2, -0.15) is 0 Å². The fourth-order valence-corrected chi connectivity index (χ4v) is 5.13. The molecule has 8 nitrogen and oxygen atoms in total. The smallest absolute Gasteiger partial charge is 0.242 e. The lowest BCUT2D eigenvalue weighted by Gasteiger charge is -2.31. The first kappa shape index (κ1) is 29.7. The zero-order valence-electron chi connectivity index (χ0n) is 21.0. The summed E-state index contributed by atoms with van der Waals surface area (Å²) in [5, 5.41) is 3.36. The third-order valence-corrected chi connectivity index (χ3v) is 7.47. The molecule has 2 aromatic carbocycles. The number of para-hydroxylation sites is 2. The van der Waals surface area contributed by atoms with Crippen LogP contribution >= 0.6 is 23.2 Å². The number of nitrogens with zero attached hydrogens (tertiary/aromatic N) is 2. The fraction of sp³-hybridized carbons (Fsp3) is 0.440. The second-order valence-electron chi connectivity index (χ2n) is 8.15. The summed E-state index contributed by atoms with van der Waals surface area (Å²) in [5.41, 5.74) is 1.14. The van der Waals surface area contributed by atoms with Crippen molar-refractivity contribution in [2.45, 2.75) is 45.7 Å². The van der Waals surface area contributed by atoms with Crippen molar-refractivity contribution in [3.05, 3.63) is 58.1 Å². The molecule has 2 rings (SSSR count). The minimum absolute atomic E-state index is 0.0393. The number of benzene rings is 2. The van der Waals surface area contributed by atoms with Gasteiger partial charge in [0.05, 0.1) is 28.6 Å². The number of carbonyl (C=O) groups excluding carboxylic acids is 2. The van der Waals surface area contributed by atoms with Crippen molar-refractivity contribution in [3.63, 3.8) is 0 Å². The number of rotatable bonds is 13. The van der Waals surface area contributed by atoms with E-state index >= 15 is 0 Å². The second-order valence-corrected chi connectivity index (χ2v) is 10.9. The van der Waals surface area contributed by atoms with Crippen LogP contribution in [0.3, 0.4) is 0 Å². The van der Waals surface area contributed by atoms with Gasteiger partial charge in [0, 0.05) is 26.6 Å². The molecule has 0 aliphatic carbocycles. The van der Waals surface area contributed by atoms with Crippen LogP contribution in [0.5, 0.6) is 5.75 Å². The zero-order valence-corrected chi connectivity index (χ0v) is 23.3. The van der Waals surface area contributed by atoms with Crippen molar-refractivity contribution in [2.75, 3.05) is 30.8 Å². The first-order chi connectivity index (χ1) is 17.0. The van der Waals surface area contributed by atoms with Gasteiger partial charge in [-0.1, -0.05) is 48.3 Å². The maximum atomic E-state index is 13.4. The van der Waals surface area contributed by atoms with E-state index in [9.17, 15) is 18.0 Å². The van der Waals surface area contributed by atoms with Crippen LogP contribution < -0.4 is 14.4 Å². The quantitative estimate of drug-likeness (QED) is 0.391. The van der Waals surface area contributed by atoms with E-state index in [1.54, 1.807) is 42.5 Å². The van der Waals surface area contributed by atoms with E-state index in [0.29, 0.717) is 34.5 Å². The molecule has 0 radical (unpaired) electrons. The number of amides is 2. The van der Waals surface area contributed by atoms with E-state index in [0.717, 1.165) is 11.8 Å². The Morgan fingerprint density at radius 3 is 2.36 bits per heavy atom. The fourth-order valence-electron chi connectivity index (χ4n) is 3.84. The predicted molar refractivity (Wildman–Crippen MR) is 144 cm³/mol. The minimum atomic E-state index is -3.64. The molecule has 1 atom stereocenters. The summed E-state index contributed by atoms with van der Waals surface area (Å²) in [7, 11) is -2.12. The van der Waals surface area contributed by atoms with Crippen molar-refractivity contribution in [1.29, 1.82) is 0 Å². The van der Waals surface area contributed by atoms with Crippen LogP contribution in [-0.4, -0.2) is 57.6 Å². The number of nitrogens with one attached hydrogen (secondary N) is 1. The molecule has 2 aromatic rings. The highest BCUT2D eigenvalue weighted by Crippen LogP contribution is 2.30. The highest BCUT2D eigenvalue weighted by Gasteiger charge is 2.28. The van der Waals surface area contributed by atoms with Crippen molar-refractivity contribution >= 4 is 50.7 Å². The van der Waals surface area contributed by atoms with E-state index in [2.05, 4.69) is 5.32 Å². The SMILES string of the molecule is CCOc1ccccc1N(CCCC(=O)N(Cc1ccc(Cl)c(Cl)c1)C(CC)C(=O)NC)S(C)(=O)=O. The maximum Gasteiger partial charge on any atom is 0.242 e. The van der Waals surface area contributed by atoms with Crippen LogP contribution in [-0.2, 0) is 26.2 Å². The van der Waals surface area contributed by atoms with E-state index in [-0.39, 0.29) is 37.7 Å². The van der Waals surface area contributed by atoms with E-state index in [1.165, 1.54) is 16.3 Å². The van der Waals surface area contributed by atoms with Crippen LogP contribution in [0.4, 0.5) is 5.69 Å². The van der Waals surface area contributed by atoms with Gasteiger partial charge in [0.1, 0.15) is 11.8 Å². The molecule has 1 unspecified atom stereocenters. The van der Waals surface area contributed by atoms with Gasteiger partial charge >= 0.3 is 0 Å². The average Bonchev–Trinajstić information content (AvgIpc) is 2.83. The number of hydrogen-bond acceptors (Lipinski definition) is 5. The number of carbonyl (C=O) groups is 2.